The summed E-state index contributed by atoms with van der Waals surface area (Å²) in [6, 6.07) is 6.16. The molecule has 6 nitrogen and oxygen atoms in total. The second-order valence-corrected chi connectivity index (χ2v) is 8.23. The number of sulfonamides is 1. The highest BCUT2D eigenvalue weighted by Crippen LogP contribution is 2.40. The van der Waals surface area contributed by atoms with Crippen LogP contribution in [-0.2, 0) is 14.8 Å². The Morgan fingerprint density at radius 2 is 2.04 bits per heavy atom. The molecule has 0 aromatic heterocycles. The number of halogens is 3. The normalized spacial score (nSPS) is 16.6. The summed E-state index contributed by atoms with van der Waals surface area (Å²) in [5.41, 5.74) is 0.243. The molecule has 1 aliphatic rings. The fourth-order valence-electron chi connectivity index (χ4n) is 2.22. The molecule has 0 spiro atoms. The summed E-state index contributed by atoms with van der Waals surface area (Å²) in [5.74, 6) is -0.961. The molecule has 10 heteroatoms. The third-order valence-electron chi connectivity index (χ3n) is 3.41. The van der Waals surface area contributed by atoms with Gasteiger partial charge in [-0.1, -0.05) is 27.5 Å². The molecule has 0 aliphatic carbocycles. The Labute approximate surface area is 156 Å². The van der Waals surface area contributed by atoms with Gasteiger partial charge in [-0.2, -0.15) is 0 Å². The van der Waals surface area contributed by atoms with E-state index in [-0.39, 0.29) is 32.9 Å². The SMILES string of the molecule is CC1Oc2c(cc(Br)cc2S(=O)(=O)Nc2ccc(F)cc2Cl)NC1=O. The first-order valence-corrected chi connectivity index (χ1v) is 9.62. The van der Waals surface area contributed by atoms with Crippen LogP contribution in [0.4, 0.5) is 15.8 Å². The smallest absolute Gasteiger partial charge is 0.265 e. The van der Waals surface area contributed by atoms with Gasteiger partial charge in [-0.15, -0.1) is 0 Å². The number of fused-ring (bicyclic) bond motifs is 1. The highest BCUT2D eigenvalue weighted by Gasteiger charge is 2.31. The quantitative estimate of drug-likeness (QED) is 0.747. The van der Waals surface area contributed by atoms with Gasteiger partial charge in [-0.05, 0) is 37.3 Å². The van der Waals surface area contributed by atoms with Gasteiger partial charge in [-0.25, -0.2) is 12.8 Å². The number of amides is 1. The predicted molar refractivity (Wildman–Crippen MR) is 95.1 cm³/mol. The molecule has 1 amide bonds. The maximum absolute atomic E-state index is 13.1. The molecule has 2 aromatic carbocycles. The summed E-state index contributed by atoms with van der Waals surface area (Å²) < 4.78 is 46.9. The maximum Gasteiger partial charge on any atom is 0.265 e. The van der Waals surface area contributed by atoms with Crippen molar-refractivity contribution in [3.8, 4) is 5.75 Å². The molecule has 0 fully saturated rings. The van der Waals surface area contributed by atoms with E-state index in [4.69, 9.17) is 16.3 Å². The van der Waals surface area contributed by atoms with Gasteiger partial charge < -0.3 is 10.1 Å². The molecule has 2 aromatic rings. The first-order valence-electron chi connectivity index (χ1n) is 6.96. The van der Waals surface area contributed by atoms with Crippen LogP contribution >= 0.6 is 27.5 Å². The summed E-state index contributed by atoms with van der Waals surface area (Å²) in [6.45, 7) is 1.50. The number of benzene rings is 2. The van der Waals surface area contributed by atoms with Crippen molar-refractivity contribution in [3.63, 3.8) is 0 Å². The van der Waals surface area contributed by atoms with Gasteiger partial charge in [0.05, 0.1) is 16.4 Å². The number of rotatable bonds is 3. The highest BCUT2D eigenvalue weighted by molar-refractivity contribution is 9.10. The summed E-state index contributed by atoms with van der Waals surface area (Å²) >= 11 is 9.08. The summed E-state index contributed by atoms with van der Waals surface area (Å²) in [7, 11) is -4.12. The first-order chi connectivity index (χ1) is 11.7. The van der Waals surface area contributed by atoms with E-state index >= 15 is 0 Å². The number of carbonyl (C=O) groups is 1. The zero-order chi connectivity index (χ0) is 18.4. The standard InChI is InChI=1S/C15H11BrClFN2O4S/c1-7-15(21)19-12-4-8(16)5-13(14(12)24-7)25(22,23)20-11-3-2-9(18)6-10(11)17/h2-7,20H,1H3,(H,19,21). The van der Waals surface area contributed by atoms with Crippen LogP contribution < -0.4 is 14.8 Å². The number of hydrogen-bond donors (Lipinski definition) is 2. The van der Waals surface area contributed by atoms with Gasteiger partial charge in [0, 0.05) is 4.47 Å². The molecule has 2 N–H and O–H groups in total. The van der Waals surface area contributed by atoms with Crippen molar-refractivity contribution in [3.05, 3.63) is 45.6 Å². The molecule has 1 aliphatic heterocycles. The Morgan fingerprint density at radius 3 is 2.72 bits per heavy atom. The minimum atomic E-state index is -4.12. The molecular formula is C15H11BrClFN2O4S. The topological polar surface area (TPSA) is 84.5 Å². The van der Waals surface area contributed by atoms with Crippen molar-refractivity contribution in [2.45, 2.75) is 17.9 Å². The molecule has 1 heterocycles. The lowest BCUT2D eigenvalue weighted by Crippen LogP contribution is -2.35. The maximum atomic E-state index is 13.1. The Balaban J connectivity index is 2.07. The molecule has 1 atom stereocenters. The molecule has 3 rings (SSSR count). The number of anilines is 2. The van der Waals surface area contributed by atoms with E-state index in [9.17, 15) is 17.6 Å². The Kier molecular flexibility index (Phi) is 4.65. The second kappa shape index (κ2) is 6.47. The van der Waals surface area contributed by atoms with E-state index in [2.05, 4.69) is 26.0 Å². The van der Waals surface area contributed by atoms with Crippen molar-refractivity contribution in [2.75, 3.05) is 10.0 Å². The predicted octanol–water partition coefficient (Wildman–Crippen LogP) is 3.76. The van der Waals surface area contributed by atoms with E-state index < -0.39 is 21.9 Å². The highest BCUT2D eigenvalue weighted by atomic mass is 79.9. The van der Waals surface area contributed by atoms with Crippen molar-refractivity contribution in [2.24, 2.45) is 0 Å². The average Bonchev–Trinajstić information content (AvgIpc) is 2.51. The minimum Gasteiger partial charge on any atom is -0.477 e. The van der Waals surface area contributed by atoms with E-state index in [0.29, 0.717) is 4.47 Å². The van der Waals surface area contributed by atoms with E-state index in [0.717, 1.165) is 12.1 Å². The van der Waals surface area contributed by atoms with Crippen LogP contribution in [0.1, 0.15) is 6.92 Å². The summed E-state index contributed by atoms with van der Waals surface area (Å²) in [5, 5.41) is 2.50. The number of ether oxygens (including phenoxy) is 1. The third-order valence-corrected chi connectivity index (χ3v) is 5.55. The van der Waals surface area contributed by atoms with Gasteiger partial charge in [-0.3, -0.25) is 9.52 Å². The largest absolute Gasteiger partial charge is 0.477 e. The number of carbonyl (C=O) groups excluding carboxylic acids is 1. The number of nitrogens with one attached hydrogen (secondary N) is 2. The van der Waals surface area contributed by atoms with Crippen LogP contribution in [0.25, 0.3) is 0 Å². The summed E-state index contributed by atoms with van der Waals surface area (Å²) in [4.78, 5) is 11.5. The van der Waals surface area contributed by atoms with Crippen LogP contribution in [0, 0.1) is 5.82 Å². The van der Waals surface area contributed by atoms with Gasteiger partial charge >= 0.3 is 0 Å². The molecule has 0 saturated heterocycles. The van der Waals surface area contributed by atoms with Crippen molar-refractivity contribution >= 4 is 54.8 Å². The third kappa shape index (κ3) is 3.58. The van der Waals surface area contributed by atoms with Gasteiger partial charge in [0.1, 0.15) is 10.7 Å². The van der Waals surface area contributed by atoms with Gasteiger partial charge in [0.2, 0.25) is 0 Å². The first kappa shape index (κ1) is 18.0. The lowest BCUT2D eigenvalue weighted by Gasteiger charge is -2.25. The van der Waals surface area contributed by atoms with E-state index in [1.807, 2.05) is 0 Å². The molecular weight excluding hydrogens is 439 g/mol. The molecule has 25 heavy (non-hydrogen) atoms. The Morgan fingerprint density at radius 1 is 1.32 bits per heavy atom. The van der Waals surface area contributed by atoms with Crippen molar-refractivity contribution in [1.82, 2.24) is 0 Å². The van der Waals surface area contributed by atoms with E-state index in [1.54, 1.807) is 0 Å². The van der Waals surface area contributed by atoms with Crippen LogP contribution in [0.15, 0.2) is 39.7 Å². The van der Waals surface area contributed by atoms with Gasteiger partial charge in [0.25, 0.3) is 15.9 Å². The molecule has 132 valence electrons. The fraction of sp³-hybridized carbons (Fsp3) is 0.133. The molecule has 0 radical (unpaired) electrons. The number of hydrogen-bond acceptors (Lipinski definition) is 4. The molecule has 0 saturated carbocycles. The Bertz CT molecular complexity index is 984. The zero-order valence-corrected chi connectivity index (χ0v) is 15.8. The van der Waals surface area contributed by atoms with Crippen LogP contribution in [0.3, 0.4) is 0 Å². The average molecular weight is 450 g/mol. The molecule has 0 bridgehead atoms. The fourth-order valence-corrected chi connectivity index (χ4v) is 4.36. The lowest BCUT2D eigenvalue weighted by molar-refractivity contribution is -0.122. The summed E-state index contributed by atoms with van der Waals surface area (Å²) in [6.07, 6.45) is -0.850. The Hall–Kier alpha value is -1.84. The molecule has 1 unspecified atom stereocenters. The van der Waals surface area contributed by atoms with E-state index in [1.165, 1.54) is 25.1 Å². The van der Waals surface area contributed by atoms with Crippen molar-refractivity contribution in [1.29, 1.82) is 0 Å². The van der Waals surface area contributed by atoms with Crippen LogP contribution in [-0.4, -0.2) is 20.4 Å². The van der Waals surface area contributed by atoms with Gasteiger partial charge in [0.15, 0.2) is 11.9 Å². The monoisotopic (exact) mass is 448 g/mol. The van der Waals surface area contributed by atoms with Crippen LogP contribution in [0.5, 0.6) is 5.75 Å². The van der Waals surface area contributed by atoms with Crippen molar-refractivity contribution < 1.29 is 22.3 Å². The lowest BCUT2D eigenvalue weighted by atomic mass is 10.2. The minimum absolute atomic E-state index is 0.0148. The second-order valence-electron chi connectivity index (χ2n) is 5.26. The van der Waals surface area contributed by atoms with Crippen LogP contribution in [0.2, 0.25) is 5.02 Å². The zero-order valence-electron chi connectivity index (χ0n) is 12.6.